The molecule has 0 N–H and O–H groups in total. The number of unbranched alkanes of at least 4 members (excludes halogenated alkanes) is 3. The lowest BCUT2D eigenvalue weighted by Crippen LogP contribution is -2.62. The molecule has 0 saturated carbocycles. The lowest BCUT2D eigenvalue weighted by molar-refractivity contribution is -0.310. The number of benzene rings is 1. The first-order valence-electron chi connectivity index (χ1n) is 14.6. The van der Waals surface area contributed by atoms with Gasteiger partial charge in [0.15, 0.2) is 0 Å². The van der Waals surface area contributed by atoms with Gasteiger partial charge in [-0.15, -0.1) is 0 Å². The van der Waals surface area contributed by atoms with E-state index in [9.17, 15) is 13.2 Å². The van der Waals surface area contributed by atoms with Gasteiger partial charge in [-0.05, 0) is 36.9 Å². The van der Waals surface area contributed by atoms with E-state index in [0.29, 0.717) is 19.6 Å². The van der Waals surface area contributed by atoms with E-state index < -0.39 is 42.8 Å². The molecule has 1 fully saturated rings. The van der Waals surface area contributed by atoms with E-state index in [1.54, 1.807) is 18.2 Å². The summed E-state index contributed by atoms with van der Waals surface area (Å²) in [5.41, 5.74) is 8.51. The molecule has 0 radical (unpaired) electrons. The highest BCUT2D eigenvalue weighted by molar-refractivity contribution is 8.76. The van der Waals surface area contributed by atoms with Crippen molar-refractivity contribution in [3.8, 4) is 0 Å². The normalized spacial score (nSPS) is 22.7. The Morgan fingerprint density at radius 2 is 1.51 bits per heavy atom. The molecule has 1 heterocycles. The Morgan fingerprint density at radius 3 is 2.09 bits per heavy atom. The number of hydrogen-bond donors (Lipinski definition) is 0. The van der Waals surface area contributed by atoms with Crippen LogP contribution in [0.2, 0.25) is 0 Å². The summed E-state index contributed by atoms with van der Waals surface area (Å²) in [5, 5.41) is 3.46. The van der Waals surface area contributed by atoms with Gasteiger partial charge in [0.25, 0.3) is 5.90 Å². The molecule has 0 amide bonds. The second kappa shape index (κ2) is 21.9. The van der Waals surface area contributed by atoms with Gasteiger partial charge in [0.1, 0.15) is 30.4 Å². The van der Waals surface area contributed by atoms with E-state index in [2.05, 4.69) is 15.0 Å². The van der Waals surface area contributed by atoms with Crippen molar-refractivity contribution in [2.24, 2.45) is 10.1 Å². The van der Waals surface area contributed by atoms with Crippen LogP contribution in [-0.4, -0.2) is 81.0 Å². The molecular weight excluding hydrogens is 609 g/mol. The SMILES string of the molecule is CCCCOC1[C@H](OC(=Nc2ccccc2)C(F)(F)F)OC(COCSSCN=[N+]=[N-])[C@@H](OCCCC)[C@@H]1OCCCC. The predicted molar refractivity (Wildman–Crippen MR) is 163 cm³/mol. The van der Waals surface area contributed by atoms with Crippen LogP contribution in [0.3, 0.4) is 0 Å². The Hall–Kier alpha value is -1.71. The van der Waals surface area contributed by atoms with Crippen molar-refractivity contribution < 1.29 is 41.6 Å². The number of azide groups is 1. The standard InChI is InChI=1S/C28H43F3N4O6S2/c1-4-7-15-37-23-22(18-36-20-43-42-19-33-35-32)40-26(25(39-17-9-6-3)24(23)38-16-8-5-2)41-27(28(29,30)31)34-21-13-11-10-12-14-21/h10-14,22-26H,4-9,15-20H2,1-3H3/t22?,23-,24+,25?,26+/m1/s1. The Balaban J connectivity index is 2.40. The van der Waals surface area contributed by atoms with Gasteiger partial charge < -0.3 is 28.4 Å². The van der Waals surface area contributed by atoms with Crippen LogP contribution in [0.4, 0.5) is 18.9 Å². The highest BCUT2D eigenvalue weighted by Crippen LogP contribution is 2.33. The van der Waals surface area contributed by atoms with Crippen molar-refractivity contribution in [3.63, 3.8) is 0 Å². The Labute approximate surface area is 259 Å². The number of halogens is 3. The summed E-state index contributed by atoms with van der Waals surface area (Å²) in [6.07, 6.45) is -4.92. The van der Waals surface area contributed by atoms with Gasteiger partial charge in [0, 0.05) is 24.7 Å². The third-order valence-corrected chi connectivity index (χ3v) is 7.90. The van der Waals surface area contributed by atoms with Crippen molar-refractivity contribution in [3.05, 3.63) is 40.8 Å². The van der Waals surface area contributed by atoms with E-state index in [0.717, 1.165) is 32.1 Å². The van der Waals surface area contributed by atoms with Gasteiger partial charge in [0.05, 0.1) is 18.2 Å². The van der Waals surface area contributed by atoms with Gasteiger partial charge in [-0.3, -0.25) is 0 Å². The van der Waals surface area contributed by atoms with E-state index in [4.69, 9.17) is 34.0 Å². The molecule has 10 nitrogen and oxygen atoms in total. The molecule has 244 valence electrons. The number of hydrogen-bond acceptors (Lipinski definition) is 10. The highest BCUT2D eigenvalue weighted by atomic mass is 33.1. The summed E-state index contributed by atoms with van der Waals surface area (Å²) >= 11 is 0. The van der Waals surface area contributed by atoms with Crippen LogP contribution in [-0.2, 0) is 28.4 Å². The summed E-state index contributed by atoms with van der Waals surface area (Å²) in [5.74, 6) is -0.997. The number of ether oxygens (including phenoxy) is 6. The molecule has 1 aromatic carbocycles. The topological polar surface area (TPSA) is 117 Å². The summed E-state index contributed by atoms with van der Waals surface area (Å²) < 4.78 is 78.9. The van der Waals surface area contributed by atoms with Gasteiger partial charge in [0.2, 0.25) is 6.29 Å². The molecule has 43 heavy (non-hydrogen) atoms. The largest absolute Gasteiger partial charge is 0.468 e. The molecule has 0 spiro atoms. The van der Waals surface area contributed by atoms with E-state index in [1.807, 2.05) is 20.8 Å². The van der Waals surface area contributed by atoms with Gasteiger partial charge in [-0.1, -0.05) is 84.9 Å². The van der Waals surface area contributed by atoms with Crippen molar-refractivity contribution in [2.45, 2.75) is 96.2 Å². The smallest absolute Gasteiger partial charge is 0.441 e. The van der Waals surface area contributed by atoms with Gasteiger partial charge >= 0.3 is 6.18 Å². The fraction of sp³-hybridized carbons (Fsp3) is 0.750. The minimum atomic E-state index is -4.90. The van der Waals surface area contributed by atoms with Crippen LogP contribution in [0.5, 0.6) is 0 Å². The van der Waals surface area contributed by atoms with Crippen molar-refractivity contribution in [1.82, 2.24) is 0 Å². The van der Waals surface area contributed by atoms with E-state index >= 15 is 0 Å². The molecular formula is C28H43F3N4O6S2. The average molecular weight is 653 g/mol. The first-order chi connectivity index (χ1) is 20.8. The van der Waals surface area contributed by atoms with Crippen molar-refractivity contribution >= 4 is 33.2 Å². The minimum Gasteiger partial charge on any atom is -0.441 e. The fourth-order valence-corrected chi connectivity index (χ4v) is 5.15. The van der Waals surface area contributed by atoms with Gasteiger partial charge in [-0.2, -0.15) is 13.2 Å². The van der Waals surface area contributed by atoms with Crippen LogP contribution >= 0.6 is 21.6 Å². The molecule has 2 rings (SSSR count). The summed E-state index contributed by atoms with van der Waals surface area (Å²) in [6, 6.07) is 7.77. The Kier molecular flexibility index (Phi) is 19.1. The van der Waals surface area contributed by atoms with Crippen LogP contribution in [0, 0.1) is 0 Å². The quantitative estimate of drug-likeness (QED) is 0.0191. The molecule has 1 saturated heterocycles. The molecule has 1 aromatic rings. The maximum absolute atomic E-state index is 14.2. The van der Waals surface area contributed by atoms with E-state index in [1.165, 1.54) is 33.7 Å². The molecule has 1 aliphatic rings. The van der Waals surface area contributed by atoms with Crippen molar-refractivity contribution in [1.29, 1.82) is 0 Å². The zero-order valence-electron chi connectivity index (χ0n) is 24.9. The second-order valence-corrected chi connectivity index (χ2v) is 11.9. The lowest BCUT2D eigenvalue weighted by Gasteiger charge is -2.45. The molecule has 0 aliphatic carbocycles. The first kappa shape index (κ1) is 37.5. The molecule has 15 heteroatoms. The molecule has 1 aliphatic heterocycles. The number of aliphatic imine (C=N–C) groups is 1. The number of alkyl halides is 3. The first-order valence-corrected chi connectivity index (χ1v) is 17.0. The highest BCUT2D eigenvalue weighted by Gasteiger charge is 2.52. The molecule has 5 atom stereocenters. The monoisotopic (exact) mass is 652 g/mol. The predicted octanol–water partition coefficient (Wildman–Crippen LogP) is 8.20. The Bertz CT molecular complexity index is 960. The van der Waals surface area contributed by atoms with E-state index in [-0.39, 0.29) is 30.7 Å². The number of nitrogens with zero attached hydrogens (tertiary/aromatic N) is 4. The van der Waals surface area contributed by atoms with Crippen LogP contribution in [0.25, 0.3) is 10.4 Å². The van der Waals surface area contributed by atoms with Crippen molar-refractivity contribution in [2.75, 3.05) is 38.2 Å². The minimum absolute atomic E-state index is 0.00176. The Morgan fingerprint density at radius 1 is 0.907 bits per heavy atom. The summed E-state index contributed by atoms with van der Waals surface area (Å²) in [7, 11) is 2.64. The third-order valence-electron chi connectivity index (χ3n) is 6.14. The lowest BCUT2D eigenvalue weighted by atomic mass is 9.98. The fourth-order valence-electron chi connectivity index (χ4n) is 3.97. The molecule has 2 unspecified atom stereocenters. The maximum Gasteiger partial charge on any atom is 0.468 e. The number of para-hydroxylation sites is 1. The number of rotatable bonds is 21. The molecule has 0 bridgehead atoms. The van der Waals surface area contributed by atoms with Crippen LogP contribution in [0.1, 0.15) is 59.3 Å². The van der Waals surface area contributed by atoms with Gasteiger partial charge in [-0.25, -0.2) is 4.99 Å². The molecule has 0 aromatic heterocycles. The summed E-state index contributed by atoms with van der Waals surface area (Å²) in [6.45, 7) is 7.09. The maximum atomic E-state index is 14.2. The zero-order chi connectivity index (χ0) is 31.3. The second-order valence-electron chi connectivity index (χ2n) is 9.56. The average Bonchev–Trinajstić information content (AvgIpc) is 2.98. The third kappa shape index (κ3) is 14.3. The zero-order valence-corrected chi connectivity index (χ0v) is 26.6. The van der Waals surface area contributed by atoms with Crippen LogP contribution in [0.15, 0.2) is 40.4 Å². The van der Waals surface area contributed by atoms with Crippen LogP contribution < -0.4 is 0 Å². The summed E-state index contributed by atoms with van der Waals surface area (Å²) in [4.78, 5) is 6.47.